The highest BCUT2D eigenvalue weighted by Gasteiger charge is 2.33. The zero-order valence-electron chi connectivity index (χ0n) is 26.3. The predicted octanol–water partition coefficient (Wildman–Crippen LogP) is 5.75. The molecule has 1 saturated heterocycles. The first-order valence-corrected chi connectivity index (χ1v) is 16.4. The number of carbonyl (C=O) groups is 1. The average molecular weight is 631 g/mol. The first kappa shape index (κ1) is 29.8. The lowest BCUT2D eigenvalue weighted by molar-refractivity contribution is -0.157. The highest BCUT2D eigenvalue weighted by Crippen LogP contribution is 2.40. The van der Waals surface area contributed by atoms with Gasteiger partial charge in [0.25, 0.3) is 5.91 Å². The third-order valence-corrected chi connectivity index (χ3v) is 9.66. The Bertz CT molecular complexity index is 1810. The molecule has 8 rings (SSSR count). The maximum atomic E-state index is 14.0. The summed E-state index contributed by atoms with van der Waals surface area (Å²) in [6.45, 7) is 4.19. The van der Waals surface area contributed by atoms with Crippen LogP contribution < -0.4 is 9.47 Å². The molecule has 8 heteroatoms. The van der Waals surface area contributed by atoms with Crippen molar-refractivity contribution in [2.75, 3.05) is 33.0 Å². The van der Waals surface area contributed by atoms with Crippen LogP contribution in [0.2, 0.25) is 0 Å². The van der Waals surface area contributed by atoms with Crippen LogP contribution in [0.1, 0.15) is 45.7 Å². The summed E-state index contributed by atoms with van der Waals surface area (Å²) in [7, 11) is 0. The molecule has 0 radical (unpaired) electrons. The van der Waals surface area contributed by atoms with Crippen molar-refractivity contribution in [2.24, 2.45) is 0 Å². The number of benzene rings is 4. The molecule has 3 heterocycles. The Labute approximate surface area is 274 Å². The first-order valence-electron chi connectivity index (χ1n) is 16.4. The molecule has 3 aliphatic heterocycles. The maximum absolute atomic E-state index is 14.0. The number of aliphatic hydroxyl groups excluding tert-OH is 1. The lowest BCUT2D eigenvalue weighted by Gasteiger charge is -2.36. The Balaban J connectivity index is 0.975. The quantitative estimate of drug-likeness (QED) is 0.234. The predicted molar refractivity (Wildman–Crippen MR) is 177 cm³/mol. The fourth-order valence-electron chi connectivity index (χ4n) is 7.03. The first-order chi connectivity index (χ1) is 23.1. The second kappa shape index (κ2) is 12.9. The van der Waals surface area contributed by atoms with Crippen LogP contribution in [0, 0.1) is 0 Å². The highest BCUT2D eigenvalue weighted by atomic mass is 16.7. The van der Waals surface area contributed by atoms with Gasteiger partial charge in [0.2, 0.25) is 13.1 Å². The van der Waals surface area contributed by atoms with Gasteiger partial charge in [-0.2, -0.15) is 0 Å². The molecule has 4 aromatic rings. The summed E-state index contributed by atoms with van der Waals surface area (Å²) in [6.07, 6.45) is 2.96. The second-order valence-electron chi connectivity index (χ2n) is 12.7. The van der Waals surface area contributed by atoms with Gasteiger partial charge in [-0.25, -0.2) is 0 Å². The topological polar surface area (TPSA) is 80.7 Å². The number of nitrogens with zero attached hydrogens (tertiary/aromatic N) is 2. The van der Waals surface area contributed by atoms with Crippen molar-refractivity contribution in [1.82, 2.24) is 9.80 Å². The van der Waals surface area contributed by atoms with Gasteiger partial charge in [-0.1, -0.05) is 72.8 Å². The minimum absolute atomic E-state index is 0.00333. The molecule has 0 bridgehead atoms. The van der Waals surface area contributed by atoms with Gasteiger partial charge < -0.3 is 29.0 Å². The third-order valence-electron chi connectivity index (χ3n) is 9.66. The molecule has 0 spiro atoms. The standard InChI is InChI=1S/C39H38N2O6/c42-23-26-5-7-27(8-6-26)24-44-38-21-31(29-10-11-34-32(18-29)19-30-3-1-2-4-33(30)34)20-37(47-38)39(43)41-15-13-40(14-16-41)22-28-9-12-35-36(17-28)46-25-45-35/h1-12,17-18,20,31,38,42H,13-16,19,21-25H2/t31-,38+/m0/s1. The van der Waals surface area contributed by atoms with Crippen LogP contribution in [0.3, 0.4) is 0 Å². The molecule has 0 unspecified atom stereocenters. The van der Waals surface area contributed by atoms with Crippen LogP contribution >= 0.6 is 0 Å². The van der Waals surface area contributed by atoms with Crippen molar-refractivity contribution in [1.29, 1.82) is 0 Å². The summed E-state index contributed by atoms with van der Waals surface area (Å²) in [4.78, 5) is 18.2. The number of aliphatic hydroxyl groups is 1. The van der Waals surface area contributed by atoms with E-state index in [9.17, 15) is 9.90 Å². The molecular formula is C39H38N2O6. The SMILES string of the molecule is O=C(C1=C[C@H](c2ccc3c(c2)Cc2ccccc2-3)C[C@H](OCc2ccc(CO)cc2)O1)N1CCN(Cc2ccc3c(c2)OCO3)CC1. The Morgan fingerprint density at radius 2 is 1.57 bits per heavy atom. The molecule has 1 N–H and O–H groups in total. The number of allylic oxidation sites excluding steroid dienone is 1. The van der Waals surface area contributed by atoms with E-state index in [2.05, 4.69) is 53.4 Å². The van der Waals surface area contributed by atoms with Gasteiger partial charge in [0.15, 0.2) is 17.3 Å². The molecule has 8 nitrogen and oxygen atoms in total. The number of fused-ring (bicyclic) bond motifs is 4. The minimum atomic E-state index is -0.570. The van der Waals surface area contributed by atoms with E-state index in [0.29, 0.717) is 31.9 Å². The lowest BCUT2D eigenvalue weighted by Crippen LogP contribution is -2.49. The van der Waals surface area contributed by atoms with E-state index in [4.69, 9.17) is 18.9 Å². The fraction of sp³-hybridized carbons (Fsp3) is 0.308. The monoisotopic (exact) mass is 630 g/mol. The molecule has 1 amide bonds. The third kappa shape index (κ3) is 6.24. The van der Waals surface area contributed by atoms with Gasteiger partial charge in [0.05, 0.1) is 13.2 Å². The number of ether oxygens (including phenoxy) is 4. The molecule has 2 atom stereocenters. The number of amides is 1. The van der Waals surface area contributed by atoms with Crippen LogP contribution in [0.15, 0.2) is 96.8 Å². The van der Waals surface area contributed by atoms with Crippen molar-refractivity contribution in [3.63, 3.8) is 0 Å². The smallest absolute Gasteiger partial charge is 0.288 e. The van der Waals surface area contributed by atoms with E-state index < -0.39 is 6.29 Å². The van der Waals surface area contributed by atoms with Crippen molar-refractivity contribution < 1.29 is 28.8 Å². The van der Waals surface area contributed by atoms with Crippen LogP contribution in [-0.4, -0.2) is 60.1 Å². The van der Waals surface area contributed by atoms with Crippen LogP contribution in [0.5, 0.6) is 11.5 Å². The van der Waals surface area contributed by atoms with Crippen molar-refractivity contribution >= 4 is 5.91 Å². The second-order valence-corrected chi connectivity index (χ2v) is 12.7. The molecular weight excluding hydrogens is 592 g/mol. The van der Waals surface area contributed by atoms with E-state index >= 15 is 0 Å². The summed E-state index contributed by atoms with van der Waals surface area (Å²) < 4.78 is 23.6. The van der Waals surface area contributed by atoms with Gasteiger partial charge in [0.1, 0.15) is 0 Å². The van der Waals surface area contributed by atoms with Gasteiger partial charge in [-0.05, 0) is 69.1 Å². The molecule has 0 saturated carbocycles. The number of rotatable bonds is 8. The minimum Gasteiger partial charge on any atom is -0.459 e. The van der Waals surface area contributed by atoms with E-state index in [1.165, 1.54) is 33.4 Å². The molecule has 1 aliphatic carbocycles. The molecule has 47 heavy (non-hydrogen) atoms. The molecule has 4 aliphatic rings. The number of piperazine rings is 1. The van der Waals surface area contributed by atoms with E-state index in [-0.39, 0.29) is 25.2 Å². The van der Waals surface area contributed by atoms with Crippen LogP contribution in [0.4, 0.5) is 0 Å². The zero-order chi connectivity index (χ0) is 31.7. The summed E-state index contributed by atoms with van der Waals surface area (Å²) in [5.74, 6) is 1.82. The summed E-state index contributed by atoms with van der Waals surface area (Å²) >= 11 is 0. The summed E-state index contributed by atoms with van der Waals surface area (Å²) in [5, 5.41) is 9.40. The van der Waals surface area contributed by atoms with E-state index in [0.717, 1.165) is 48.7 Å². The van der Waals surface area contributed by atoms with Crippen molar-refractivity contribution in [2.45, 2.75) is 44.8 Å². The van der Waals surface area contributed by atoms with E-state index in [1.807, 2.05) is 47.4 Å². The Morgan fingerprint density at radius 1 is 0.809 bits per heavy atom. The molecule has 0 aromatic heterocycles. The van der Waals surface area contributed by atoms with Gasteiger partial charge in [-0.3, -0.25) is 9.69 Å². The van der Waals surface area contributed by atoms with Gasteiger partial charge in [-0.15, -0.1) is 0 Å². The molecule has 240 valence electrons. The number of hydrogen-bond acceptors (Lipinski definition) is 7. The van der Waals surface area contributed by atoms with Crippen LogP contribution in [0.25, 0.3) is 11.1 Å². The highest BCUT2D eigenvalue weighted by molar-refractivity contribution is 5.92. The largest absolute Gasteiger partial charge is 0.459 e. The zero-order valence-corrected chi connectivity index (χ0v) is 26.3. The summed E-state index contributed by atoms with van der Waals surface area (Å²) in [5.41, 5.74) is 9.43. The fourth-order valence-corrected chi connectivity index (χ4v) is 7.03. The normalized spacial score (nSPS) is 19.9. The molecule has 4 aromatic carbocycles. The molecule has 1 fully saturated rings. The van der Waals surface area contributed by atoms with E-state index in [1.54, 1.807) is 0 Å². The number of carbonyl (C=O) groups excluding carboxylic acids is 1. The average Bonchev–Trinajstić information content (AvgIpc) is 3.75. The lowest BCUT2D eigenvalue weighted by atomic mass is 9.90. The van der Waals surface area contributed by atoms with Gasteiger partial charge >= 0.3 is 0 Å². The Hall–Kier alpha value is -4.63. The summed E-state index contributed by atoms with van der Waals surface area (Å²) in [6, 6.07) is 29.1. The van der Waals surface area contributed by atoms with Crippen molar-refractivity contribution in [3.05, 3.63) is 130 Å². The van der Waals surface area contributed by atoms with Gasteiger partial charge in [0, 0.05) is 45.1 Å². The van der Waals surface area contributed by atoms with Crippen LogP contribution in [-0.2, 0) is 40.4 Å². The maximum Gasteiger partial charge on any atom is 0.288 e. The number of hydrogen-bond donors (Lipinski definition) is 1. The Kier molecular flexibility index (Phi) is 8.15. The Morgan fingerprint density at radius 3 is 2.43 bits per heavy atom. The van der Waals surface area contributed by atoms with Crippen molar-refractivity contribution in [3.8, 4) is 22.6 Å².